The summed E-state index contributed by atoms with van der Waals surface area (Å²) in [5.74, 6) is 0. The molecule has 4 heteroatoms. The lowest BCUT2D eigenvalue weighted by molar-refractivity contribution is 0.0603. The van der Waals surface area contributed by atoms with E-state index in [0.29, 0.717) is 13.0 Å². The summed E-state index contributed by atoms with van der Waals surface area (Å²) in [5, 5.41) is 13.7. The summed E-state index contributed by atoms with van der Waals surface area (Å²) in [5.41, 5.74) is 5.79. The summed E-state index contributed by atoms with van der Waals surface area (Å²) in [7, 11) is 1.88. The molecule has 0 aliphatic heterocycles. The summed E-state index contributed by atoms with van der Waals surface area (Å²) in [4.78, 5) is 0. The molecule has 0 radical (unpaired) electrons. The minimum Gasteiger partial charge on any atom is -0.389 e. The largest absolute Gasteiger partial charge is 0.389 e. The maximum atomic E-state index is 9.64. The highest BCUT2D eigenvalue weighted by Crippen LogP contribution is 2.11. The quantitative estimate of drug-likeness (QED) is 0.694. The van der Waals surface area contributed by atoms with Crippen molar-refractivity contribution < 1.29 is 5.11 Å². The number of aliphatic hydroxyl groups is 1. The Kier molecular flexibility index (Phi) is 3.06. The van der Waals surface area contributed by atoms with Crippen LogP contribution in [0.4, 0.5) is 0 Å². The molecule has 4 nitrogen and oxygen atoms in total. The second kappa shape index (κ2) is 3.89. The van der Waals surface area contributed by atoms with E-state index in [1.807, 2.05) is 19.4 Å². The van der Waals surface area contributed by atoms with E-state index in [1.54, 1.807) is 11.6 Å². The maximum absolute atomic E-state index is 9.64. The Balaban J connectivity index is 2.43. The first-order chi connectivity index (χ1) is 6.03. The Bertz CT molecular complexity index is 268. The van der Waals surface area contributed by atoms with E-state index in [9.17, 15) is 5.11 Å². The van der Waals surface area contributed by atoms with E-state index in [1.165, 1.54) is 0 Å². The van der Waals surface area contributed by atoms with Crippen molar-refractivity contribution in [1.29, 1.82) is 0 Å². The van der Waals surface area contributed by atoms with Gasteiger partial charge in [-0.05, 0) is 25.3 Å². The molecule has 1 aromatic rings. The minimum atomic E-state index is -0.754. The Morgan fingerprint density at radius 3 is 2.85 bits per heavy atom. The normalized spacial score (nSPS) is 15.7. The van der Waals surface area contributed by atoms with Crippen LogP contribution in [0.1, 0.15) is 18.9 Å². The molecule has 0 fully saturated rings. The molecule has 0 saturated heterocycles. The Hall–Kier alpha value is -0.870. The molecule has 0 aliphatic carbocycles. The molecule has 0 saturated carbocycles. The molecule has 3 N–H and O–H groups in total. The summed E-state index contributed by atoms with van der Waals surface area (Å²) >= 11 is 0. The van der Waals surface area contributed by atoms with Crippen LogP contribution in [-0.4, -0.2) is 27.0 Å². The molecule has 1 aromatic heterocycles. The van der Waals surface area contributed by atoms with Gasteiger partial charge in [0, 0.05) is 19.8 Å². The van der Waals surface area contributed by atoms with E-state index in [0.717, 1.165) is 12.0 Å². The number of hydrogen-bond acceptors (Lipinski definition) is 3. The zero-order chi connectivity index (χ0) is 9.90. The Morgan fingerprint density at radius 1 is 1.69 bits per heavy atom. The molecule has 1 unspecified atom stereocenters. The summed E-state index contributed by atoms with van der Waals surface area (Å²) in [6.45, 7) is 2.05. The predicted octanol–water partition coefficient (Wildman–Crippen LogP) is 0.0624. The summed E-state index contributed by atoms with van der Waals surface area (Å²) in [6, 6.07) is 0. The number of hydrogen-bond donors (Lipinski definition) is 2. The first kappa shape index (κ1) is 10.2. The van der Waals surface area contributed by atoms with Crippen LogP contribution in [0.25, 0.3) is 0 Å². The van der Waals surface area contributed by atoms with Crippen molar-refractivity contribution in [2.45, 2.75) is 25.4 Å². The van der Waals surface area contributed by atoms with Crippen molar-refractivity contribution in [2.24, 2.45) is 12.8 Å². The molecule has 1 rings (SSSR count). The Morgan fingerprint density at radius 2 is 2.38 bits per heavy atom. The average molecular weight is 183 g/mol. The molecule has 0 amide bonds. The van der Waals surface area contributed by atoms with Crippen LogP contribution in [0.3, 0.4) is 0 Å². The number of aromatic nitrogens is 2. The molecule has 1 heterocycles. The number of rotatable bonds is 4. The van der Waals surface area contributed by atoms with E-state index in [2.05, 4.69) is 5.10 Å². The first-order valence-electron chi connectivity index (χ1n) is 4.43. The van der Waals surface area contributed by atoms with Gasteiger partial charge in [0.05, 0.1) is 11.8 Å². The molecule has 13 heavy (non-hydrogen) atoms. The number of aryl methyl sites for hydroxylation is 2. The second-order valence-corrected chi connectivity index (χ2v) is 3.72. The van der Waals surface area contributed by atoms with Crippen LogP contribution in [0.15, 0.2) is 12.4 Å². The van der Waals surface area contributed by atoms with Gasteiger partial charge in [0.25, 0.3) is 0 Å². The Labute approximate surface area is 78.4 Å². The zero-order valence-corrected chi connectivity index (χ0v) is 8.20. The van der Waals surface area contributed by atoms with Gasteiger partial charge in [0.2, 0.25) is 0 Å². The van der Waals surface area contributed by atoms with Crippen LogP contribution in [-0.2, 0) is 13.5 Å². The average Bonchev–Trinajstić information content (AvgIpc) is 2.48. The van der Waals surface area contributed by atoms with Gasteiger partial charge in [0.15, 0.2) is 0 Å². The predicted molar refractivity (Wildman–Crippen MR) is 51.2 cm³/mol. The van der Waals surface area contributed by atoms with E-state index in [-0.39, 0.29) is 0 Å². The molecule has 0 aliphatic rings. The van der Waals surface area contributed by atoms with Gasteiger partial charge in [0.1, 0.15) is 0 Å². The lowest BCUT2D eigenvalue weighted by atomic mass is 9.98. The van der Waals surface area contributed by atoms with E-state index in [4.69, 9.17) is 5.73 Å². The third-order valence-electron chi connectivity index (χ3n) is 2.15. The zero-order valence-electron chi connectivity index (χ0n) is 8.20. The van der Waals surface area contributed by atoms with Gasteiger partial charge in [-0.3, -0.25) is 4.68 Å². The van der Waals surface area contributed by atoms with Crippen molar-refractivity contribution in [2.75, 3.05) is 6.54 Å². The first-order valence-corrected chi connectivity index (χ1v) is 4.43. The van der Waals surface area contributed by atoms with Gasteiger partial charge in [-0.25, -0.2) is 0 Å². The van der Waals surface area contributed by atoms with Gasteiger partial charge < -0.3 is 10.8 Å². The highest BCUT2D eigenvalue weighted by atomic mass is 16.3. The molecule has 0 bridgehead atoms. The van der Waals surface area contributed by atoms with Gasteiger partial charge >= 0.3 is 0 Å². The smallest absolute Gasteiger partial charge is 0.0744 e. The molecule has 0 aromatic carbocycles. The fourth-order valence-electron chi connectivity index (χ4n) is 1.12. The fourth-order valence-corrected chi connectivity index (χ4v) is 1.12. The van der Waals surface area contributed by atoms with Crippen molar-refractivity contribution in [3.63, 3.8) is 0 Å². The highest BCUT2D eigenvalue weighted by molar-refractivity contribution is 5.04. The van der Waals surface area contributed by atoms with Crippen molar-refractivity contribution in [1.82, 2.24) is 9.78 Å². The molecule has 1 atom stereocenters. The third kappa shape index (κ3) is 3.16. The van der Waals surface area contributed by atoms with Gasteiger partial charge in [-0.2, -0.15) is 5.10 Å². The SMILES string of the molecule is Cn1cc(CCC(C)(O)CN)cn1. The van der Waals surface area contributed by atoms with Crippen LogP contribution in [0, 0.1) is 0 Å². The molecular weight excluding hydrogens is 166 g/mol. The second-order valence-electron chi connectivity index (χ2n) is 3.72. The summed E-state index contributed by atoms with van der Waals surface area (Å²) in [6.07, 6.45) is 5.26. The molecular formula is C9H17N3O. The van der Waals surface area contributed by atoms with Crippen LogP contribution < -0.4 is 5.73 Å². The fraction of sp³-hybridized carbons (Fsp3) is 0.667. The molecule has 74 valence electrons. The number of nitrogens with two attached hydrogens (primary N) is 1. The highest BCUT2D eigenvalue weighted by Gasteiger charge is 2.17. The maximum Gasteiger partial charge on any atom is 0.0744 e. The van der Waals surface area contributed by atoms with Crippen molar-refractivity contribution >= 4 is 0 Å². The minimum absolute atomic E-state index is 0.299. The van der Waals surface area contributed by atoms with E-state index >= 15 is 0 Å². The summed E-state index contributed by atoms with van der Waals surface area (Å²) < 4.78 is 1.76. The van der Waals surface area contributed by atoms with Crippen molar-refractivity contribution in [3.8, 4) is 0 Å². The topological polar surface area (TPSA) is 64.1 Å². The monoisotopic (exact) mass is 183 g/mol. The van der Waals surface area contributed by atoms with Crippen molar-refractivity contribution in [3.05, 3.63) is 18.0 Å². The van der Waals surface area contributed by atoms with Gasteiger partial charge in [-0.15, -0.1) is 0 Å². The molecule has 0 spiro atoms. The van der Waals surface area contributed by atoms with Crippen LogP contribution in [0.2, 0.25) is 0 Å². The lowest BCUT2D eigenvalue weighted by Gasteiger charge is -2.19. The third-order valence-corrected chi connectivity index (χ3v) is 2.15. The number of nitrogens with zero attached hydrogens (tertiary/aromatic N) is 2. The van der Waals surface area contributed by atoms with Gasteiger partial charge in [-0.1, -0.05) is 0 Å². The van der Waals surface area contributed by atoms with E-state index < -0.39 is 5.60 Å². The van der Waals surface area contributed by atoms with Crippen LogP contribution >= 0.6 is 0 Å². The lowest BCUT2D eigenvalue weighted by Crippen LogP contribution is -2.34. The van der Waals surface area contributed by atoms with Crippen LogP contribution in [0.5, 0.6) is 0 Å². The standard InChI is InChI=1S/C9H17N3O/c1-9(13,7-10)4-3-8-5-11-12(2)6-8/h5-6,13H,3-4,7,10H2,1-2H3.